The summed E-state index contributed by atoms with van der Waals surface area (Å²) < 4.78 is 31.4. The number of Topliss-reactive ketones (excluding diaryl/α,β-unsaturated/α-hetero) is 1. The first-order chi connectivity index (χ1) is 19.4. The molecule has 0 radical (unpaired) electrons. The van der Waals surface area contributed by atoms with Crippen molar-refractivity contribution < 1.29 is 13.2 Å². The highest BCUT2D eigenvalue weighted by atomic mass is 35.5. The summed E-state index contributed by atoms with van der Waals surface area (Å²) >= 11 is 6.10. The largest absolute Gasteiger partial charge is 0.351 e. The minimum Gasteiger partial charge on any atom is -0.351 e. The molecule has 7 nitrogen and oxygen atoms in total. The van der Waals surface area contributed by atoms with Crippen LogP contribution in [0.15, 0.2) is 115 Å². The maximum absolute atomic E-state index is 14.3. The van der Waals surface area contributed by atoms with Crippen LogP contribution < -0.4 is 9.62 Å². The number of carbonyl (C=O) groups is 1. The third-order valence-corrected chi connectivity index (χ3v) is 9.07. The van der Waals surface area contributed by atoms with Crippen molar-refractivity contribution >= 4 is 39.2 Å². The van der Waals surface area contributed by atoms with E-state index in [2.05, 4.69) is 5.32 Å². The van der Waals surface area contributed by atoms with Crippen LogP contribution in [0.25, 0.3) is 5.69 Å². The van der Waals surface area contributed by atoms with Gasteiger partial charge in [0.05, 0.1) is 6.54 Å². The molecule has 6 rings (SSSR count). The molecule has 1 N–H and O–H groups in total. The molecule has 1 aliphatic rings. The van der Waals surface area contributed by atoms with Gasteiger partial charge < -0.3 is 5.32 Å². The highest BCUT2D eigenvalue weighted by Gasteiger charge is 2.49. The van der Waals surface area contributed by atoms with Crippen LogP contribution in [-0.4, -0.2) is 23.8 Å². The van der Waals surface area contributed by atoms with Gasteiger partial charge in [-0.2, -0.15) is 4.98 Å². The average molecular weight is 569 g/mol. The molecular formula is C31H25ClN4O3S. The normalized spacial score (nSPS) is 16.0. The SMILES string of the molecule is O=C1c2c(nc(NCc3ccccc3)n2-c2ccccc2)N(Cc2ccccc2)S(=O)(=O)C1c1ccc(Cl)cc1. The lowest BCUT2D eigenvalue weighted by atomic mass is 10.1. The van der Waals surface area contributed by atoms with Crippen molar-refractivity contribution in [3.05, 3.63) is 143 Å². The molecular weight excluding hydrogens is 544 g/mol. The van der Waals surface area contributed by atoms with Gasteiger partial charge >= 0.3 is 0 Å². The van der Waals surface area contributed by atoms with Crippen LogP contribution in [0.5, 0.6) is 0 Å². The topological polar surface area (TPSA) is 84.3 Å². The number of sulfonamides is 1. The van der Waals surface area contributed by atoms with Crippen LogP contribution in [0.4, 0.5) is 11.8 Å². The predicted molar refractivity (Wildman–Crippen MR) is 157 cm³/mol. The molecule has 0 fully saturated rings. The third-order valence-electron chi connectivity index (χ3n) is 6.82. The van der Waals surface area contributed by atoms with Crippen LogP contribution in [0.2, 0.25) is 5.02 Å². The summed E-state index contributed by atoms with van der Waals surface area (Å²) in [5.41, 5.74) is 3.02. The zero-order valence-electron chi connectivity index (χ0n) is 21.3. The number of aromatic nitrogens is 2. The Kier molecular flexibility index (Phi) is 6.88. The van der Waals surface area contributed by atoms with Gasteiger partial charge in [0.1, 0.15) is 5.69 Å². The van der Waals surface area contributed by atoms with E-state index in [9.17, 15) is 13.2 Å². The number of anilines is 2. The minimum atomic E-state index is -4.21. The van der Waals surface area contributed by atoms with E-state index in [1.807, 2.05) is 91.0 Å². The Morgan fingerprint density at radius 3 is 1.98 bits per heavy atom. The van der Waals surface area contributed by atoms with Gasteiger partial charge in [0.25, 0.3) is 10.0 Å². The van der Waals surface area contributed by atoms with E-state index in [1.165, 1.54) is 4.31 Å². The van der Waals surface area contributed by atoms with Gasteiger partial charge in [-0.1, -0.05) is 103 Å². The van der Waals surface area contributed by atoms with Gasteiger partial charge in [-0.15, -0.1) is 0 Å². The molecule has 0 bridgehead atoms. The molecule has 0 saturated carbocycles. The number of para-hydroxylation sites is 1. The van der Waals surface area contributed by atoms with Crippen LogP contribution in [0.1, 0.15) is 32.4 Å². The summed E-state index contributed by atoms with van der Waals surface area (Å²) in [6.45, 7) is 0.460. The Balaban J connectivity index is 1.56. The Morgan fingerprint density at radius 2 is 1.35 bits per heavy atom. The fourth-order valence-electron chi connectivity index (χ4n) is 4.91. The van der Waals surface area contributed by atoms with Gasteiger partial charge in [-0.25, -0.2) is 12.7 Å². The van der Waals surface area contributed by atoms with Crippen molar-refractivity contribution in [2.75, 3.05) is 9.62 Å². The molecule has 0 saturated heterocycles. The zero-order chi connectivity index (χ0) is 27.7. The third kappa shape index (κ3) is 4.76. The van der Waals surface area contributed by atoms with Crippen molar-refractivity contribution in [3.63, 3.8) is 0 Å². The Bertz CT molecular complexity index is 1760. The van der Waals surface area contributed by atoms with Crippen molar-refractivity contribution in [1.29, 1.82) is 0 Å². The van der Waals surface area contributed by atoms with Crippen molar-refractivity contribution in [3.8, 4) is 5.69 Å². The standard InChI is InChI=1S/C31H25ClN4O3S/c32-25-18-16-24(17-19-25)29-28(37)27-30(35(40(29,38)39)21-23-12-6-2-7-13-23)34-31(33-20-22-10-4-1-5-11-22)36(27)26-14-8-3-9-15-26/h1-19,29H,20-21H2,(H,33,34). The number of nitrogens with zero attached hydrogens (tertiary/aromatic N) is 3. The lowest BCUT2D eigenvalue weighted by molar-refractivity contribution is 0.0978. The number of benzene rings is 4. The first-order valence-corrected chi connectivity index (χ1v) is 14.6. The molecule has 1 atom stereocenters. The number of hydrogen-bond acceptors (Lipinski definition) is 5. The van der Waals surface area contributed by atoms with Gasteiger partial charge in [0.15, 0.2) is 11.1 Å². The van der Waals surface area contributed by atoms with Crippen LogP contribution in [0, 0.1) is 0 Å². The van der Waals surface area contributed by atoms with E-state index in [1.54, 1.807) is 28.8 Å². The lowest BCUT2D eigenvalue weighted by Gasteiger charge is -2.32. The maximum Gasteiger partial charge on any atom is 0.251 e. The Labute approximate surface area is 237 Å². The second-order valence-electron chi connectivity index (χ2n) is 9.45. The summed E-state index contributed by atoms with van der Waals surface area (Å²) in [4.78, 5) is 19.0. The van der Waals surface area contributed by atoms with Crippen LogP contribution in [0.3, 0.4) is 0 Å². The number of ketones is 1. The molecule has 5 aromatic rings. The number of fused-ring (bicyclic) bond motifs is 1. The van der Waals surface area contributed by atoms with Crippen LogP contribution in [-0.2, 0) is 23.1 Å². The number of halogens is 1. The Hall–Kier alpha value is -4.40. The summed E-state index contributed by atoms with van der Waals surface area (Å²) in [5.74, 6) is -0.0809. The molecule has 2 heterocycles. The van der Waals surface area contributed by atoms with E-state index >= 15 is 0 Å². The van der Waals surface area contributed by atoms with E-state index in [0.717, 1.165) is 11.1 Å². The minimum absolute atomic E-state index is 0.0253. The van der Waals surface area contributed by atoms with Crippen molar-refractivity contribution in [2.24, 2.45) is 0 Å². The van der Waals surface area contributed by atoms with Gasteiger partial charge in [-0.3, -0.25) is 9.36 Å². The van der Waals surface area contributed by atoms with E-state index in [4.69, 9.17) is 16.6 Å². The number of hydrogen-bond donors (Lipinski definition) is 1. The van der Waals surface area contributed by atoms with Gasteiger partial charge in [-0.05, 0) is 41.0 Å². The van der Waals surface area contributed by atoms with E-state index in [0.29, 0.717) is 28.8 Å². The second-order valence-corrected chi connectivity index (χ2v) is 11.8. The zero-order valence-corrected chi connectivity index (χ0v) is 22.9. The summed E-state index contributed by atoms with van der Waals surface area (Å²) in [7, 11) is -4.21. The smallest absolute Gasteiger partial charge is 0.251 e. The van der Waals surface area contributed by atoms with Gasteiger partial charge in [0, 0.05) is 17.3 Å². The second kappa shape index (κ2) is 10.6. The molecule has 40 heavy (non-hydrogen) atoms. The number of carbonyl (C=O) groups excluding carboxylic acids is 1. The first-order valence-electron chi connectivity index (χ1n) is 12.7. The number of nitrogens with one attached hydrogen (secondary N) is 1. The molecule has 4 aromatic carbocycles. The van der Waals surface area contributed by atoms with Gasteiger partial charge in [0.2, 0.25) is 11.7 Å². The summed E-state index contributed by atoms with van der Waals surface area (Å²) in [6.07, 6.45) is 0. The average Bonchev–Trinajstić information content (AvgIpc) is 3.36. The first kappa shape index (κ1) is 25.9. The molecule has 1 unspecified atom stereocenters. The molecule has 0 aliphatic carbocycles. The number of imidazole rings is 1. The molecule has 0 spiro atoms. The fraction of sp³-hybridized carbons (Fsp3) is 0.0968. The molecule has 200 valence electrons. The lowest BCUT2D eigenvalue weighted by Crippen LogP contribution is -2.43. The molecule has 1 aromatic heterocycles. The van der Waals surface area contributed by atoms with E-state index in [-0.39, 0.29) is 18.1 Å². The highest BCUT2D eigenvalue weighted by Crippen LogP contribution is 2.43. The summed E-state index contributed by atoms with van der Waals surface area (Å²) in [6, 6.07) is 34.8. The maximum atomic E-state index is 14.3. The molecule has 0 amide bonds. The molecule has 1 aliphatic heterocycles. The highest BCUT2D eigenvalue weighted by molar-refractivity contribution is 7.93. The van der Waals surface area contributed by atoms with Crippen molar-refractivity contribution in [1.82, 2.24) is 9.55 Å². The predicted octanol–water partition coefficient (Wildman–Crippen LogP) is 6.41. The van der Waals surface area contributed by atoms with E-state index < -0.39 is 21.1 Å². The van der Waals surface area contributed by atoms with Crippen LogP contribution >= 0.6 is 11.6 Å². The molecule has 9 heteroatoms. The fourth-order valence-corrected chi connectivity index (χ4v) is 6.87. The monoisotopic (exact) mass is 568 g/mol. The summed E-state index contributed by atoms with van der Waals surface area (Å²) in [5, 5.41) is 2.34. The quantitative estimate of drug-likeness (QED) is 0.245. The Morgan fingerprint density at radius 1 is 0.775 bits per heavy atom. The van der Waals surface area contributed by atoms with Crippen molar-refractivity contribution in [2.45, 2.75) is 18.3 Å². The number of rotatable bonds is 7.